The molecule has 1 aliphatic rings. The predicted octanol–water partition coefficient (Wildman–Crippen LogP) is -6.15. The number of aromatic nitrogens is 2. The summed E-state index contributed by atoms with van der Waals surface area (Å²) in [6.45, 7) is 9.18. The van der Waals surface area contributed by atoms with Crippen molar-refractivity contribution in [3.05, 3.63) is 59.1 Å². The molecule has 0 unspecified atom stereocenters. The Kier molecular flexibility index (Phi) is 67.7. The van der Waals surface area contributed by atoms with E-state index < -0.39 is 53.5 Å². The Morgan fingerprint density at radius 3 is 1.77 bits per heavy atom. The van der Waals surface area contributed by atoms with Gasteiger partial charge in [0.1, 0.15) is 0 Å². The summed E-state index contributed by atoms with van der Waals surface area (Å²) >= 11 is 0. The van der Waals surface area contributed by atoms with Crippen LogP contribution in [0.25, 0.3) is 0 Å². The number of ether oxygens (including phenoxy) is 5. The second-order valence-electron chi connectivity index (χ2n) is 5.97. The van der Waals surface area contributed by atoms with Crippen molar-refractivity contribution in [3.63, 3.8) is 0 Å². The van der Waals surface area contributed by atoms with Gasteiger partial charge in [-0.1, -0.05) is 0 Å². The van der Waals surface area contributed by atoms with Crippen LogP contribution in [0.1, 0.15) is 13.3 Å². The van der Waals surface area contributed by atoms with Gasteiger partial charge < -0.3 is 44.8 Å². The first-order valence-corrected chi connectivity index (χ1v) is 11.0. The molecule has 1 aromatic rings. The third-order valence-electron chi connectivity index (χ3n) is 3.08. The fourth-order valence-electron chi connectivity index (χ4n) is 1.20. The van der Waals surface area contributed by atoms with E-state index in [1.165, 1.54) is 14.2 Å². The Labute approximate surface area is 323 Å². The van der Waals surface area contributed by atoms with E-state index in [1.54, 1.807) is 6.92 Å². The summed E-state index contributed by atoms with van der Waals surface area (Å²) in [5, 5.41) is 10.1. The van der Waals surface area contributed by atoms with Crippen molar-refractivity contribution in [2.75, 3.05) is 48.8 Å². The van der Waals surface area contributed by atoms with Gasteiger partial charge in [0.05, 0.1) is 41.2 Å². The van der Waals surface area contributed by atoms with Gasteiger partial charge in [0.25, 0.3) is 23.9 Å². The number of amides is 2. The Hall–Kier alpha value is -3.02. The molecule has 1 aliphatic heterocycles. The number of rotatable bonds is 6. The summed E-state index contributed by atoms with van der Waals surface area (Å²) in [4.78, 5) is 64.9. The van der Waals surface area contributed by atoms with E-state index >= 15 is 0 Å². The number of aromatic amines is 1. The number of halogens is 5. The quantitative estimate of drug-likeness (QED) is 0.0281. The van der Waals surface area contributed by atoms with Gasteiger partial charge in [0.2, 0.25) is 17.7 Å². The number of carbonyl (C=O) groups is 5. The van der Waals surface area contributed by atoms with Crippen LogP contribution in [0.4, 0.5) is 17.6 Å². The van der Waals surface area contributed by atoms with Crippen molar-refractivity contribution in [3.8, 4) is 6.01 Å². The Morgan fingerprint density at radius 1 is 1.10 bits per heavy atom. The number of hydrogen-bond acceptors (Lipinski definition) is 15. The number of nitrogens with zero attached hydrogens (tertiary/aromatic N) is 1. The maximum atomic E-state index is 12.2. The first kappa shape index (κ1) is 67.2. The van der Waals surface area contributed by atoms with E-state index in [1.807, 2.05) is 5.32 Å². The number of imide groups is 1. The number of alkyl halides is 1. The second kappa shape index (κ2) is 48.4. The Balaban J connectivity index is -0.0000000539. The van der Waals surface area contributed by atoms with Crippen molar-refractivity contribution >= 4 is 42.6 Å². The van der Waals surface area contributed by atoms with Crippen LogP contribution >= 0.6 is 12.4 Å². The SMILES string of the molecule is C=C(N)OC.CCOC=O.COC(=O)CF.COc1ncc(F)c(=O)[nH]1.C[O-].Cl.O=C1CC=C(F)C(=O)N1.[CH-]=C(F)C(=O)OC.[Na+].[Na+].[OH-]. The van der Waals surface area contributed by atoms with Crippen molar-refractivity contribution in [2.45, 2.75) is 13.3 Å². The fourth-order valence-corrected chi connectivity index (χ4v) is 1.20. The predicted molar refractivity (Wildman–Crippen MR) is 150 cm³/mol. The van der Waals surface area contributed by atoms with Gasteiger partial charge in [-0.15, -0.1) is 12.4 Å². The van der Waals surface area contributed by atoms with Crippen LogP contribution in [-0.4, -0.2) is 94.5 Å². The van der Waals surface area contributed by atoms with Gasteiger partial charge >= 0.3 is 65.1 Å². The van der Waals surface area contributed by atoms with Crippen LogP contribution in [0.3, 0.4) is 0 Å². The van der Waals surface area contributed by atoms with Gasteiger partial charge in [-0.3, -0.25) is 29.5 Å². The van der Waals surface area contributed by atoms with E-state index in [-0.39, 0.29) is 95.3 Å². The molecule has 48 heavy (non-hydrogen) atoms. The van der Waals surface area contributed by atoms with Crippen molar-refractivity contribution in [1.29, 1.82) is 0 Å². The molecule has 2 heterocycles. The average Bonchev–Trinajstić information content (AvgIpc) is 3.02. The number of carbonyl (C=O) groups excluding carboxylic acids is 5. The minimum atomic E-state index is -1.32. The van der Waals surface area contributed by atoms with Gasteiger partial charge in [-0.2, -0.15) is 11.5 Å². The third-order valence-corrected chi connectivity index (χ3v) is 3.08. The summed E-state index contributed by atoms with van der Waals surface area (Å²) in [6.07, 6.45) is 1.72. The molecule has 0 saturated heterocycles. The van der Waals surface area contributed by atoms with Crippen molar-refractivity contribution in [2.24, 2.45) is 5.73 Å². The van der Waals surface area contributed by atoms with Gasteiger partial charge in [0, 0.05) is 12.2 Å². The van der Waals surface area contributed by atoms with Gasteiger partial charge in [0.15, 0.2) is 18.4 Å². The number of methoxy groups -OCH3 is 4. The van der Waals surface area contributed by atoms with Crippen molar-refractivity contribution in [1.82, 2.24) is 15.3 Å². The molecule has 0 aliphatic carbocycles. The second-order valence-corrected chi connectivity index (χ2v) is 5.97. The van der Waals surface area contributed by atoms with Crippen LogP contribution in [0.5, 0.6) is 6.01 Å². The zero-order chi connectivity index (χ0) is 35.7. The maximum Gasteiger partial charge on any atom is 1.00 e. The zero-order valence-corrected chi connectivity index (χ0v) is 32.2. The first-order valence-electron chi connectivity index (χ1n) is 11.0. The number of hydrogen-bond donors (Lipinski definition) is 3. The smallest absolute Gasteiger partial charge is 0.870 e. The molecule has 0 spiro atoms. The number of esters is 2. The molecule has 17 nitrogen and oxygen atoms in total. The topological polar surface area (TPSA) is 268 Å². The Morgan fingerprint density at radius 2 is 1.58 bits per heavy atom. The molecular weight excluding hydrogens is 710 g/mol. The largest absolute Gasteiger partial charge is 1.00 e. The molecular formula is C24H36ClF4N4Na2O13-. The molecule has 5 N–H and O–H groups in total. The van der Waals surface area contributed by atoms with E-state index in [2.05, 4.69) is 46.8 Å². The third kappa shape index (κ3) is 49.9. The fraction of sp³-hybridized carbons (Fsp3) is 0.375. The van der Waals surface area contributed by atoms with E-state index in [4.69, 9.17) is 10.8 Å². The normalized spacial score (nSPS) is 9.10. The summed E-state index contributed by atoms with van der Waals surface area (Å²) < 4.78 is 67.2. The van der Waals surface area contributed by atoms with Crippen LogP contribution < -0.4 is 85.6 Å². The van der Waals surface area contributed by atoms with Crippen molar-refractivity contribution < 1.29 is 135 Å². The minimum absolute atomic E-state index is 0. The number of nitrogens with one attached hydrogen (secondary N) is 2. The molecule has 24 heteroatoms. The zero-order valence-electron chi connectivity index (χ0n) is 27.4. The molecule has 0 saturated carbocycles. The van der Waals surface area contributed by atoms with E-state index in [9.17, 15) is 46.3 Å². The number of nitrogens with two attached hydrogens (primary N) is 1. The van der Waals surface area contributed by atoms with Crippen LogP contribution in [-0.2, 0) is 42.9 Å². The molecule has 2 amide bonds. The van der Waals surface area contributed by atoms with Crippen LogP contribution in [0.2, 0.25) is 0 Å². The van der Waals surface area contributed by atoms with E-state index in [0.717, 1.165) is 33.6 Å². The summed E-state index contributed by atoms with van der Waals surface area (Å²) in [5.41, 5.74) is 4.05. The Bertz CT molecular complexity index is 1110. The van der Waals surface area contributed by atoms with E-state index in [0.29, 0.717) is 13.1 Å². The molecule has 0 bridgehead atoms. The molecule has 0 atom stereocenters. The molecule has 0 radical (unpaired) electrons. The molecule has 0 fully saturated rings. The molecule has 1 aromatic heterocycles. The summed E-state index contributed by atoms with van der Waals surface area (Å²) in [7, 11) is 5.75. The molecule has 0 aromatic carbocycles. The molecule has 268 valence electrons. The minimum Gasteiger partial charge on any atom is -0.870 e. The number of H-pyrrole nitrogens is 1. The van der Waals surface area contributed by atoms with Gasteiger partial charge in [-0.05, 0) is 19.6 Å². The first-order chi connectivity index (χ1) is 20.6. The average molecular weight is 746 g/mol. The van der Waals surface area contributed by atoms with Gasteiger partial charge in [-0.25, -0.2) is 29.5 Å². The summed E-state index contributed by atoms with van der Waals surface area (Å²) in [5.74, 6) is -6.20. The van der Waals surface area contributed by atoms with Crippen LogP contribution in [0.15, 0.2) is 41.2 Å². The monoisotopic (exact) mass is 745 g/mol. The maximum absolute atomic E-state index is 12.2. The van der Waals surface area contributed by atoms with Crippen LogP contribution in [0, 0.1) is 12.4 Å². The standard InChI is InChI=1S/C5H5FN2O2.C5H4FNO2.C4H4FO2.C3H5FO2.C3H7NO.C3H6O2.CH3O.ClH.2Na.H2O/c1-10-5-7-2-3(6)4(9)8-5;6-3-1-2-4(8)7-5(3)9;1-3(5)4(6)7-2;1-6-3(5)2-4;1-3(4)5-2;1-2-5-3-4;1-2;;;;/h2H,1H3,(H,7,8,9);1H,2H2,(H,7,8,9);1H,2H3;2H2,1H3;1,4H2,2H3;3H,2H2,1H3;1H3;1H;;;1H2/q;;-1;;;;-1;;2*+1;/p-1. The summed E-state index contributed by atoms with van der Waals surface area (Å²) in [6, 6.07) is 0.00593. The molecule has 2 rings (SSSR count).